The molecule has 2 aromatic rings. The summed E-state index contributed by atoms with van der Waals surface area (Å²) in [6.45, 7) is 9.95. The highest BCUT2D eigenvalue weighted by atomic mass is 16.5. The molecule has 0 aromatic carbocycles. The minimum atomic E-state index is 0.0850. The van der Waals surface area contributed by atoms with Gasteiger partial charge in [-0.1, -0.05) is 0 Å². The number of aryl methyl sites for hydroxylation is 1. The molecule has 1 aliphatic heterocycles. The number of carbonyl (C=O) groups is 1. The van der Waals surface area contributed by atoms with Crippen molar-refractivity contribution in [2.75, 3.05) is 13.2 Å². The van der Waals surface area contributed by atoms with Crippen LogP contribution in [0.3, 0.4) is 0 Å². The van der Waals surface area contributed by atoms with Gasteiger partial charge in [0.25, 0.3) is 5.91 Å². The average molecular weight is 316 g/mol. The minimum Gasteiger partial charge on any atom is -0.467 e. The summed E-state index contributed by atoms with van der Waals surface area (Å²) in [4.78, 5) is 14.9. The normalized spacial score (nSPS) is 21.7. The summed E-state index contributed by atoms with van der Waals surface area (Å²) in [7, 11) is 0. The fraction of sp³-hybridized carbons (Fsp3) is 0.500. The van der Waals surface area contributed by atoms with Crippen LogP contribution in [0.5, 0.6) is 0 Å². The molecule has 3 rings (SSSR count). The van der Waals surface area contributed by atoms with E-state index in [4.69, 9.17) is 9.15 Å². The monoisotopic (exact) mass is 316 g/mol. The zero-order valence-corrected chi connectivity index (χ0v) is 14.2. The topological polar surface area (TPSA) is 47.6 Å². The molecule has 1 aliphatic rings. The number of aromatic nitrogens is 1. The molecule has 0 radical (unpaired) electrons. The molecule has 2 aromatic heterocycles. The van der Waals surface area contributed by atoms with Gasteiger partial charge < -0.3 is 18.6 Å². The Morgan fingerprint density at radius 1 is 1.35 bits per heavy atom. The zero-order chi connectivity index (χ0) is 16.6. The number of hydrogen-bond acceptors (Lipinski definition) is 3. The quantitative estimate of drug-likeness (QED) is 0.874. The Kier molecular flexibility index (Phi) is 4.31. The Balaban J connectivity index is 1.86. The third kappa shape index (κ3) is 3.06. The second-order valence-electron chi connectivity index (χ2n) is 6.40. The van der Waals surface area contributed by atoms with E-state index in [2.05, 4.69) is 4.57 Å². The van der Waals surface area contributed by atoms with Crippen molar-refractivity contribution in [3.63, 3.8) is 0 Å². The summed E-state index contributed by atoms with van der Waals surface area (Å²) in [6, 6.07) is 5.91. The van der Waals surface area contributed by atoms with Gasteiger partial charge >= 0.3 is 0 Å². The van der Waals surface area contributed by atoms with Crippen molar-refractivity contribution >= 4 is 5.91 Å². The zero-order valence-electron chi connectivity index (χ0n) is 14.2. The summed E-state index contributed by atoms with van der Waals surface area (Å²) in [5.74, 6) is 0.977. The van der Waals surface area contributed by atoms with Crippen LogP contribution in [0.1, 0.15) is 41.4 Å². The first kappa shape index (κ1) is 15.9. The van der Waals surface area contributed by atoms with Crippen LogP contribution in [0.25, 0.3) is 0 Å². The molecule has 1 fully saturated rings. The highest BCUT2D eigenvalue weighted by Gasteiger charge is 2.30. The standard InChI is InChI=1S/C18H24N2O3/c1-12-8-17(15(4)19(12)10-16-6-5-7-22-16)18(21)20-9-14(3)23-11-13(20)2/h5-8,13-14H,9-11H2,1-4H3. The molecule has 2 atom stereocenters. The Labute approximate surface area is 136 Å². The first-order valence-electron chi connectivity index (χ1n) is 8.09. The van der Waals surface area contributed by atoms with E-state index in [0.717, 1.165) is 22.7 Å². The van der Waals surface area contributed by atoms with Crippen molar-refractivity contribution in [1.29, 1.82) is 0 Å². The van der Waals surface area contributed by atoms with Gasteiger partial charge in [-0.15, -0.1) is 0 Å². The Morgan fingerprint density at radius 3 is 2.83 bits per heavy atom. The third-order valence-corrected chi connectivity index (χ3v) is 4.57. The van der Waals surface area contributed by atoms with Crippen molar-refractivity contribution < 1.29 is 13.9 Å². The van der Waals surface area contributed by atoms with Gasteiger partial charge in [-0.3, -0.25) is 4.79 Å². The Bertz CT molecular complexity index is 687. The smallest absolute Gasteiger partial charge is 0.256 e. The van der Waals surface area contributed by atoms with E-state index in [1.165, 1.54) is 0 Å². The largest absolute Gasteiger partial charge is 0.467 e. The highest BCUT2D eigenvalue weighted by molar-refractivity contribution is 5.96. The molecule has 5 nitrogen and oxygen atoms in total. The van der Waals surface area contributed by atoms with E-state index in [1.807, 2.05) is 50.8 Å². The van der Waals surface area contributed by atoms with E-state index in [-0.39, 0.29) is 18.1 Å². The van der Waals surface area contributed by atoms with Gasteiger partial charge in [0.05, 0.1) is 37.1 Å². The lowest BCUT2D eigenvalue weighted by molar-refractivity contribution is -0.0387. The second kappa shape index (κ2) is 6.24. The first-order valence-corrected chi connectivity index (χ1v) is 8.09. The number of amides is 1. The SMILES string of the molecule is Cc1cc(C(=O)N2CC(C)OCC2C)c(C)n1Cc1ccco1. The van der Waals surface area contributed by atoms with E-state index in [1.54, 1.807) is 6.26 Å². The lowest BCUT2D eigenvalue weighted by Gasteiger charge is -2.36. The van der Waals surface area contributed by atoms with Crippen molar-refractivity contribution in [2.24, 2.45) is 0 Å². The highest BCUT2D eigenvalue weighted by Crippen LogP contribution is 2.22. The predicted octanol–water partition coefficient (Wildman–Crippen LogP) is 3.00. The lowest BCUT2D eigenvalue weighted by Crippen LogP contribution is -2.50. The summed E-state index contributed by atoms with van der Waals surface area (Å²) in [6.07, 6.45) is 1.76. The van der Waals surface area contributed by atoms with Crippen molar-refractivity contribution in [2.45, 2.75) is 46.4 Å². The van der Waals surface area contributed by atoms with Crippen molar-refractivity contribution in [3.8, 4) is 0 Å². The molecule has 5 heteroatoms. The van der Waals surface area contributed by atoms with Crippen LogP contribution in [0.15, 0.2) is 28.9 Å². The van der Waals surface area contributed by atoms with Crippen molar-refractivity contribution in [1.82, 2.24) is 9.47 Å². The fourth-order valence-corrected chi connectivity index (χ4v) is 3.16. The number of hydrogen-bond donors (Lipinski definition) is 0. The van der Waals surface area contributed by atoms with Gasteiger partial charge in [-0.2, -0.15) is 0 Å². The van der Waals surface area contributed by atoms with Crippen LogP contribution in [0, 0.1) is 13.8 Å². The van der Waals surface area contributed by atoms with Gasteiger partial charge in [0.2, 0.25) is 0 Å². The van der Waals surface area contributed by atoms with Gasteiger partial charge in [0, 0.05) is 17.9 Å². The number of rotatable bonds is 3. The van der Waals surface area contributed by atoms with Crippen LogP contribution in [-0.2, 0) is 11.3 Å². The minimum absolute atomic E-state index is 0.0850. The van der Waals surface area contributed by atoms with Crippen LogP contribution in [0.4, 0.5) is 0 Å². The molecule has 1 saturated heterocycles. The van der Waals surface area contributed by atoms with Crippen LogP contribution >= 0.6 is 0 Å². The van der Waals surface area contributed by atoms with Crippen LogP contribution < -0.4 is 0 Å². The molecule has 0 aliphatic carbocycles. The number of carbonyl (C=O) groups excluding carboxylic acids is 1. The molecule has 1 amide bonds. The van der Waals surface area contributed by atoms with Crippen LogP contribution in [0.2, 0.25) is 0 Å². The van der Waals surface area contributed by atoms with E-state index in [0.29, 0.717) is 19.7 Å². The molecule has 2 unspecified atom stereocenters. The molecule has 0 bridgehead atoms. The lowest BCUT2D eigenvalue weighted by atomic mass is 10.1. The number of furan rings is 1. The Morgan fingerprint density at radius 2 is 2.13 bits per heavy atom. The molecule has 23 heavy (non-hydrogen) atoms. The number of ether oxygens (including phenoxy) is 1. The summed E-state index contributed by atoms with van der Waals surface area (Å²) in [5.41, 5.74) is 2.82. The molecule has 0 N–H and O–H groups in total. The van der Waals surface area contributed by atoms with E-state index >= 15 is 0 Å². The molecule has 3 heterocycles. The van der Waals surface area contributed by atoms with Gasteiger partial charge in [0.1, 0.15) is 5.76 Å². The summed E-state index contributed by atoms with van der Waals surface area (Å²) < 4.78 is 13.2. The summed E-state index contributed by atoms with van der Waals surface area (Å²) >= 11 is 0. The summed E-state index contributed by atoms with van der Waals surface area (Å²) in [5, 5.41) is 0. The van der Waals surface area contributed by atoms with Gasteiger partial charge in [0.15, 0.2) is 0 Å². The average Bonchev–Trinajstić information content (AvgIpc) is 3.13. The predicted molar refractivity (Wildman–Crippen MR) is 87.6 cm³/mol. The van der Waals surface area contributed by atoms with Gasteiger partial charge in [-0.25, -0.2) is 0 Å². The maximum Gasteiger partial charge on any atom is 0.256 e. The first-order chi connectivity index (χ1) is 11.0. The van der Waals surface area contributed by atoms with E-state index in [9.17, 15) is 4.79 Å². The number of nitrogens with zero attached hydrogens (tertiary/aromatic N) is 2. The van der Waals surface area contributed by atoms with Crippen molar-refractivity contribution in [3.05, 3.63) is 47.2 Å². The molecular formula is C18H24N2O3. The molecule has 0 saturated carbocycles. The third-order valence-electron chi connectivity index (χ3n) is 4.57. The molecule has 124 valence electrons. The fourth-order valence-electron chi connectivity index (χ4n) is 3.16. The molecule has 0 spiro atoms. The van der Waals surface area contributed by atoms with E-state index < -0.39 is 0 Å². The maximum absolute atomic E-state index is 13.0. The van der Waals surface area contributed by atoms with Crippen LogP contribution in [-0.4, -0.2) is 40.7 Å². The molecular weight excluding hydrogens is 292 g/mol. The maximum atomic E-state index is 13.0. The Hall–Kier alpha value is -2.01. The second-order valence-corrected chi connectivity index (χ2v) is 6.40. The number of morpholine rings is 1. The van der Waals surface area contributed by atoms with Gasteiger partial charge in [-0.05, 0) is 45.9 Å².